The highest BCUT2D eigenvalue weighted by Gasteiger charge is 2.27. The lowest BCUT2D eigenvalue weighted by Crippen LogP contribution is -2.47. The zero-order chi connectivity index (χ0) is 20.1. The fourth-order valence-corrected chi connectivity index (χ4v) is 3.65. The van der Waals surface area contributed by atoms with Gasteiger partial charge < -0.3 is 10.2 Å². The van der Waals surface area contributed by atoms with Crippen molar-refractivity contribution in [3.63, 3.8) is 0 Å². The van der Waals surface area contributed by atoms with Crippen LogP contribution in [0.15, 0.2) is 36.4 Å². The summed E-state index contributed by atoms with van der Waals surface area (Å²) in [7, 11) is 1.51. The Morgan fingerprint density at radius 1 is 0.926 bits per heavy atom. The van der Waals surface area contributed by atoms with E-state index in [1.165, 1.54) is 11.9 Å². The van der Waals surface area contributed by atoms with Gasteiger partial charge in [-0.3, -0.25) is 9.59 Å². The van der Waals surface area contributed by atoms with Gasteiger partial charge in [-0.1, -0.05) is 58.5 Å². The number of hydrogen-bond acceptors (Lipinski definition) is 2. The van der Waals surface area contributed by atoms with Gasteiger partial charge in [-0.05, 0) is 36.8 Å². The smallest absolute Gasteiger partial charge is 0.242 e. The van der Waals surface area contributed by atoms with Crippen LogP contribution in [-0.4, -0.2) is 29.8 Å². The van der Waals surface area contributed by atoms with Crippen LogP contribution in [0.4, 0.5) is 0 Å². The first-order valence-electron chi connectivity index (χ1n) is 8.13. The molecule has 0 aliphatic carbocycles. The highest BCUT2D eigenvalue weighted by atomic mass is 35.5. The third kappa shape index (κ3) is 5.29. The highest BCUT2D eigenvalue weighted by Crippen LogP contribution is 2.29. The Hall–Kier alpha value is -1.46. The molecule has 0 aromatic heterocycles. The Balaban J connectivity index is 2.37. The van der Waals surface area contributed by atoms with Crippen LogP contribution in [0.3, 0.4) is 0 Å². The molecule has 0 spiro atoms. The summed E-state index contributed by atoms with van der Waals surface area (Å²) in [5.74, 6) is -0.631. The van der Waals surface area contributed by atoms with Gasteiger partial charge in [0, 0.05) is 39.2 Å². The number of carbonyl (C=O) groups excluding carboxylic acids is 2. The Morgan fingerprint density at radius 3 is 1.81 bits per heavy atom. The van der Waals surface area contributed by atoms with E-state index in [1.807, 2.05) is 0 Å². The van der Waals surface area contributed by atoms with Crippen LogP contribution < -0.4 is 5.32 Å². The molecule has 0 aliphatic heterocycles. The number of nitrogens with zero attached hydrogens (tertiary/aromatic N) is 1. The van der Waals surface area contributed by atoms with Gasteiger partial charge >= 0.3 is 0 Å². The molecule has 8 heteroatoms. The normalized spacial score (nSPS) is 11.8. The Bertz CT molecular complexity index is 817. The van der Waals surface area contributed by atoms with Gasteiger partial charge in [0.1, 0.15) is 6.04 Å². The zero-order valence-electron chi connectivity index (χ0n) is 14.7. The molecule has 2 rings (SSSR count). The minimum atomic E-state index is -0.740. The molecule has 1 N–H and O–H groups in total. The lowest BCUT2D eigenvalue weighted by Gasteiger charge is -2.29. The fourth-order valence-electron chi connectivity index (χ4n) is 2.60. The topological polar surface area (TPSA) is 49.4 Å². The lowest BCUT2D eigenvalue weighted by molar-refractivity contribution is -0.139. The third-order valence-electron chi connectivity index (χ3n) is 4.19. The molecule has 0 bridgehead atoms. The van der Waals surface area contributed by atoms with Gasteiger partial charge in [0.2, 0.25) is 11.8 Å². The molecule has 0 saturated carbocycles. The second-order valence-corrected chi connectivity index (χ2v) is 7.52. The van der Waals surface area contributed by atoms with Crippen molar-refractivity contribution in [2.45, 2.75) is 25.9 Å². The number of amides is 2. The molecule has 0 heterocycles. The SMILES string of the molecule is CNC(=O)[C@H](C)N(Cc1c(Cl)cccc1Cl)C(=O)Cc1c(Cl)cccc1Cl. The monoisotopic (exact) mass is 446 g/mol. The summed E-state index contributed by atoms with van der Waals surface area (Å²) in [6.45, 7) is 1.71. The van der Waals surface area contributed by atoms with Crippen LogP contribution in [0.5, 0.6) is 0 Å². The van der Waals surface area contributed by atoms with E-state index < -0.39 is 6.04 Å². The van der Waals surface area contributed by atoms with Gasteiger partial charge in [0.15, 0.2) is 0 Å². The van der Waals surface area contributed by atoms with E-state index in [1.54, 1.807) is 43.3 Å². The second-order valence-electron chi connectivity index (χ2n) is 5.89. The second kappa shape index (κ2) is 9.65. The van der Waals surface area contributed by atoms with Crippen LogP contribution in [0.25, 0.3) is 0 Å². The quantitative estimate of drug-likeness (QED) is 0.676. The van der Waals surface area contributed by atoms with Crippen LogP contribution in [0.2, 0.25) is 20.1 Å². The summed E-state index contributed by atoms with van der Waals surface area (Å²) < 4.78 is 0. The molecular weight excluding hydrogens is 430 g/mol. The van der Waals surface area contributed by atoms with Crippen molar-refractivity contribution < 1.29 is 9.59 Å². The molecule has 0 radical (unpaired) electrons. The molecule has 27 heavy (non-hydrogen) atoms. The van der Waals surface area contributed by atoms with Crippen molar-refractivity contribution in [2.75, 3.05) is 7.05 Å². The van der Waals surface area contributed by atoms with Crippen LogP contribution in [0, 0.1) is 0 Å². The number of halogens is 4. The van der Waals surface area contributed by atoms with Gasteiger partial charge in [-0.15, -0.1) is 0 Å². The van der Waals surface area contributed by atoms with Crippen LogP contribution >= 0.6 is 46.4 Å². The maximum atomic E-state index is 13.0. The molecule has 2 amide bonds. The summed E-state index contributed by atoms with van der Waals surface area (Å²) in [5.41, 5.74) is 1.07. The molecule has 0 saturated heterocycles. The number of nitrogens with one attached hydrogen (secondary N) is 1. The average molecular weight is 448 g/mol. The van der Waals surface area contributed by atoms with E-state index in [2.05, 4.69) is 5.32 Å². The van der Waals surface area contributed by atoms with Crippen LogP contribution in [0.1, 0.15) is 18.1 Å². The van der Waals surface area contributed by atoms with Crippen molar-refractivity contribution in [3.8, 4) is 0 Å². The van der Waals surface area contributed by atoms with Gasteiger partial charge in [0.25, 0.3) is 0 Å². The molecule has 144 valence electrons. The predicted molar refractivity (Wildman–Crippen MR) is 111 cm³/mol. The number of carbonyl (C=O) groups is 2. The van der Waals surface area contributed by atoms with Crippen molar-refractivity contribution in [1.82, 2.24) is 10.2 Å². The molecular formula is C19H18Cl4N2O2. The third-order valence-corrected chi connectivity index (χ3v) is 5.61. The number of hydrogen-bond donors (Lipinski definition) is 1. The van der Waals surface area contributed by atoms with E-state index in [9.17, 15) is 9.59 Å². The van der Waals surface area contributed by atoms with Crippen molar-refractivity contribution in [1.29, 1.82) is 0 Å². The Morgan fingerprint density at radius 2 is 1.37 bits per heavy atom. The molecule has 1 atom stereocenters. The average Bonchev–Trinajstić information content (AvgIpc) is 2.63. The van der Waals surface area contributed by atoms with Crippen molar-refractivity contribution in [2.24, 2.45) is 0 Å². The van der Waals surface area contributed by atoms with E-state index in [0.717, 1.165) is 0 Å². The van der Waals surface area contributed by atoms with Crippen molar-refractivity contribution >= 4 is 58.2 Å². The first-order valence-corrected chi connectivity index (χ1v) is 9.64. The number of benzene rings is 2. The Labute approximate surface area is 178 Å². The molecule has 0 unspecified atom stereocenters. The lowest BCUT2D eigenvalue weighted by atomic mass is 10.1. The molecule has 4 nitrogen and oxygen atoms in total. The minimum Gasteiger partial charge on any atom is -0.357 e. The van der Waals surface area contributed by atoms with E-state index >= 15 is 0 Å². The summed E-state index contributed by atoms with van der Waals surface area (Å²) in [6, 6.07) is 9.36. The number of rotatable bonds is 6. The summed E-state index contributed by atoms with van der Waals surface area (Å²) in [4.78, 5) is 26.6. The fraction of sp³-hybridized carbons (Fsp3) is 0.263. The van der Waals surface area contributed by atoms with Gasteiger partial charge in [0.05, 0.1) is 6.42 Å². The minimum absolute atomic E-state index is 0.0537. The van der Waals surface area contributed by atoms with E-state index in [0.29, 0.717) is 31.2 Å². The number of likely N-dealkylation sites (N-methyl/N-ethyl adjacent to an activating group) is 1. The predicted octanol–water partition coefficient (Wildman–Crippen LogP) is 5.01. The van der Waals surface area contributed by atoms with E-state index in [-0.39, 0.29) is 24.8 Å². The summed E-state index contributed by atoms with van der Waals surface area (Å²) in [5, 5.41) is 4.16. The summed E-state index contributed by atoms with van der Waals surface area (Å²) >= 11 is 24.8. The van der Waals surface area contributed by atoms with E-state index in [4.69, 9.17) is 46.4 Å². The maximum Gasteiger partial charge on any atom is 0.242 e. The molecule has 2 aromatic carbocycles. The first kappa shape index (κ1) is 21.8. The molecule has 0 fully saturated rings. The van der Waals surface area contributed by atoms with Gasteiger partial charge in [-0.2, -0.15) is 0 Å². The maximum absolute atomic E-state index is 13.0. The zero-order valence-corrected chi connectivity index (χ0v) is 17.8. The first-order chi connectivity index (χ1) is 12.8. The van der Waals surface area contributed by atoms with Crippen LogP contribution in [-0.2, 0) is 22.6 Å². The van der Waals surface area contributed by atoms with Gasteiger partial charge in [-0.25, -0.2) is 0 Å². The highest BCUT2D eigenvalue weighted by molar-refractivity contribution is 6.36. The largest absolute Gasteiger partial charge is 0.357 e. The Kier molecular flexibility index (Phi) is 7.80. The summed E-state index contributed by atoms with van der Waals surface area (Å²) in [6.07, 6.45) is -0.0537. The molecule has 2 aromatic rings. The van der Waals surface area contributed by atoms with Crippen molar-refractivity contribution in [3.05, 3.63) is 67.6 Å². The molecule has 0 aliphatic rings. The standard InChI is InChI=1S/C19H18Cl4N2O2/c1-11(19(27)24-2)25(10-13-16(22)7-4-8-17(13)23)18(26)9-12-14(20)5-3-6-15(12)21/h3-8,11H,9-10H2,1-2H3,(H,24,27)/t11-/m0/s1.